The van der Waals surface area contributed by atoms with Gasteiger partial charge in [-0.15, -0.1) is 11.6 Å². The van der Waals surface area contributed by atoms with E-state index in [1.165, 1.54) is 16.7 Å². The molecule has 0 aliphatic heterocycles. The predicted octanol–water partition coefficient (Wildman–Crippen LogP) is 4.59. The maximum Gasteiger partial charge on any atom is 0.119 e. The van der Waals surface area contributed by atoms with E-state index in [9.17, 15) is 0 Å². The quantitative estimate of drug-likeness (QED) is 0.736. The van der Waals surface area contributed by atoms with Crippen molar-refractivity contribution in [2.75, 3.05) is 7.11 Å². The van der Waals surface area contributed by atoms with Gasteiger partial charge in [-0.3, -0.25) is 0 Å². The average Bonchev–Trinajstić information content (AvgIpc) is 2.76. The summed E-state index contributed by atoms with van der Waals surface area (Å²) in [6.45, 7) is 2.10. The van der Waals surface area contributed by atoms with Gasteiger partial charge in [0.1, 0.15) is 5.75 Å². The van der Waals surface area contributed by atoms with Crippen molar-refractivity contribution in [3.05, 3.63) is 51.7 Å². The number of benzene rings is 1. The molecule has 1 aromatic heterocycles. The smallest absolute Gasteiger partial charge is 0.119 e. The van der Waals surface area contributed by atoms with Gasteiger partial charge in [-0.1, -0.05) is 12.1 Å². The highest BCUT2D eigenvalue weighted by atomic mass is 35.5. The van der Waals surface area contributed by atoms with Gasteiger partial charge < -0.3 is 4.74 Å². The predicted molar refractivity (Wildman–Crippen MR) is 74.3 cm³/mol. The third-order valence-corrected chi connectivity index (χ3v) is 4.05. The minimum atomic E-state index is 0.0355. The largest absolute Gasteiger partial charge is 0.497 e. The fourth-order valence-electron chi connectivity index (χ4n) is 1.81. The van der Waals surface area contributed by atoms with Crippen LogP contribution in [0, 0.1) is 6.92 Å². The second-order valence-corrected chi connectivity index (χ2v) is 5.30. The highest BCUT2D eigenvalue weighted by molar-refractivity contribution is 7.08. The monoisotopic (exact) mass is 266 g/mol. The van der Waals surface area contributed by atoms with Crippen LogP contribution in [0.4, 0.5) is 0 Å². The molecule has 0 saturated carbocycles. The molecule has 1 nitrogen and oxygen atoms in total. The van der Waals surface area contributed by atoms with Crippen molar-refractivity contribution >= 4 is 22.9 Å². The fourth-order valence-corrected chi connectivity index (χ4v) is 3.20. The first kappa shape index (κ1) is 12.5. The third kappa shape index (κ3) is 3.02. The Morgan fingerprint density at radius 3 is 2.82 bits per heavy atom. The Morgan fingerprint density at radius 1 is 1.35 bits per heavy atom. The summed E-state index contributed by atoms with van der Waals surface area (Å²) in [5, 5.41) is 4.30. The molecule has 2 aromatic rings. The van der Waals surface area contributed by atoms with E-state index in [1.54, 1.807) is 18.4 Å². The normalized spacial score (nSPS) is 12.4. The maximum absolute atomic E-state index is 6.45. The van der Waals surface area contributed by atoms with E-state index in [4.69, 9.17) is 16.3 Å². The number of aryl methyl sites for hydroxylation is 1. The van der Waals surface area contributed by atoms with Crippen LogP contribution in [0.25, 0.3) is 0 Å². The van der Waals surface area contributed by atoms with Gasteiger partial charge in [-0.25, -0.2) is 0 Å². The first-order valence-corrected chi connectivity index (χ1v) is 6.88. The Kier molecular flexibility index (Phi) is 4.08. The van der Waals surface area contributed by atoms with Crippen molar-refractivity contribution in [1.82, 2.24) is 0 Å². The summed E-state index contributed by atoms with van der Waals surface area (Å²) in [7, 11) is 1.68. The summed E-state index contributed by atoms with van der Waals surface area (Å²) >= 11 is 8.15. The lowest BCUT2D eigenvalue weighted by Crippen LogP contribution is -1.96. The molecule has 0 bridgehead atoms. The van der Waals surface area contributed by atoms with Crippen LogP contribution in [0.15, 0.2) is 35.0 Å². The van der Waals surface area contributed by atoms with Gasteiger partial charge in [0, 0.05) is 0 Å². The van der Waals surface area contributed by atoms with Crippen LogP contribution in [0.2, 0.25) is 0 Å². The third-order valence-electron chi connectivity index (χ3n) is 2.78. The zero-order valence-electron chi connectivity index (χ0n) is 9.94. The SMILES string of the molecule is COc1cccc(CC(Cl)c2cscc2C)c1. The molecule has 0 saturated heterocycles. The highest BCUT2D eigenvalue weighted by Gasteiger charge is 2.12. The molecular formula is C14H15ClOS. The second-order valence-electron chi connectivity index (χ2n) is 4.03. The van der Waals surface area contributed by atoms with Gasteiger partial charge in [-0.05, 0) is 52.9 Å². The van der Waals surface area contributed by atoms with Crippen molar-refractivity contribution in [3.63, 3.8) is 0 Å². The van der Waals surface area contributed by atoms with Gasteiger partial charge in [0.25, 0.3) is 0 Å². The van der Waals surface area contributed by atoms with Crippen molar-refractivity contribution < 1.29 is 4.74 Å². The summed E-state index contributed by atoms with van der Waals surface area (Å²) < 4.78 is 5.21. The minimum absolute atomic E-state index is 0.0355. The standard InChI is InChI=1S/C14H15ClOS/c1-10-8-17-9-13(10)14(15)7-11-4-3-5-12(6-11)16-2/h3-6,8-9,14H,7H2,1-2H3. The molecular weight excluding hydrogens is 252 g/mol. The van der Waals surface area contributed by atoms with Crippen LogP contribution < -0.4 is 4.74 Å². The van der Waals surface area contributed by atoms with Crippen molar-refractivity contribution in [2.45, 2.75) is 18.7 Å². The van der Waals surface area contributed by atoms with E-state index in [0.717, 1.165) is 12.2 Å². The van der Waals surface area contributed by atoms with Gasteiger partial charge in [0.05, 0.1) is 12.5 Å². The lowest BCUT2D eigenvalue weighted by atomic mass is 10.0. The van der Waals surface area contributed by atoms with Crippen molar-refractivity contribution in [3.8, 4) is 5.75 Å². The van der Waals surface area contributed by atoms with Crippen LogP contribution in [0.3, 0.4) is 0 Å². The van der Waals surface area contributed by atoms with Gasteiger partial charge >= 0.3 is 0 Å². The molecule has 3 heteroatoms. The van der Waals surface area contributed by atoms with Crippen LogP contribution >= 0.6 is 22.9 Å². The van der Waals surface area contributed by atoms with E-state index < -0.39 is 0 Å². The van der Waals surface area contributed by atoms with Gasteiger partial charge in [0.15, 0.2) is 0 Å². The van der Waals surface area contributed by atoms with E-state index in [2.05, 4.69) is 23.8 Å². The van der Waals surface area contributed by atoms with Crippen LogP contribution in [0.5, 0.6) is 5.75 Å². The average molecular weight is 267 g/mol. The summed E-state index contributed by atoms with van der Waals surface area (Å²) in [5.74, 6) is 0.883. The first-order valence-electron chi connectivity index (χ1n) is 5.50. The van der Waals surface area contributed by atoms with Crippen LogP contribution in [-0.2, 0) is 6.42 Å². The Morgan fingerprint density at radius 2 is 2.18 bits per heavy atom. The van der Waals surface area contributed by atoms with Crippen LogP contribution in [-0.4, -0.2) is 7.11 Å². The first-order chi connectivity index (χ1) is 8.20. The Balaban J connectivity index is 2.13. The molecule has 0 radical (unpaired) electrons. The number of alkyl halides is 1. The Bertz CT molecular complexity index is 492. The Hall–Kier alpha value is -0.990. The second kappa shape index (κ2) is 5.56. The molecule has 0 aliphatic carbocycles. The molecule has 0 spiro atoms. The highest BCUT2D eigenvalue weighted by Crippen LogP contribution is 2.30. The summed E-state index contributed by atoms with van der Waals surface area (Å²) in [6, 6.07) is 8.07. The fraction of sp³-hybridized carbons (Fsp3) is 0.286. The molecule has 1 aromatic carbocycles. The summed E-state index contributed by atoms with van der Waals surface area (Å²) in [5.41, 5.74) is 3.72. The summed E-state index contributed by atoms with van der Waals surface area (Å²) in [6.07, 6.45) is 0.830. The van der Waals surface area contributed by atoms with E-state index >= 15 is 0 Å². The molecule has 0 fully saturated rings. The van der Waals surface area contributed by atoms with Gasteiger partial charge in [-0.2, -0.15) is 11.3 Å². The number of hydrogen-bond acceptors (Lipinski definition) is 2. The molecule has 1 atom stereocenters. The van der Waals surface area contributed by atoms with E-state index in [1.807, 2.05) is 18.2 Å². The number of rotatable bonds is 4. The van der Waals surface area contributed by atoms with E-state index in [0.29, 0.717) is 0 Å². The molecule has 0 amide bonds. The molecule has 17 heavy (non-hydrogen) atoms. The Labute approximate surface area is 111 Å². The zero-order chi connectivity index (χ0) is 12.3. The maximum atomic E-state index is 6.45. The van der Waals surface area contributed by atoms with Crippen LogP contribution in [0.1, 0.15) is 22.1 Å². The molecule has 2 rings (SSSR count). The van der Waals surface area contributed by atoms with Crippen molar-refractivity contribution in [1.29, 1.82) is 0 Å². The molecule has 0 N–H and O–H groups in total. The lowest BCUT2D eigenvalue weighted by Gasteiger charge is -2.10. The zero-order valence-corrected chi connectivity index (χ0v) is 11.5. The van der Waals surface area contributed by atoms with E-state index in [-0.39, 0.29) is 5.38 Å². The topological polar surface area (TPSA) is 9.23 Å². The number of ether oxygens (including phenoxy) is 1. The molecule has 1 unspecified atom stereocenters. The molecule has 1 heterocycles. The van der Waals surface area contributed by atoms with Gasteiger partial charge in [0.2, 0.25) is 0 Å². The number of methoxy groups -OCH3 is 1. The number of halogens is 1. The summed E-state index contributed by atoms with van der Waals surface area (Å²) in [4.78, 5) is 0. The number of hydrogen-bond donors (Lipinski definition) is 0. The lowest BCUT2D eigenvalue weighted by molar-refractivity contribution is 0.414. The van der Waals surface area contributed by atoms with Crippen molar-refractivity contribution in [2.24, 2.45) is 0 Å². The minimum Gasteiger partial charge on any atom is -0.497 e. The molecule has 0 aliphatic rings. The molecule has 90 valence electrons. The number of thiophene rings is 1.